The standard InChI is InChI=1S/C11H13BrFNO2/c12-6-5-7(15)10(16)9(13)8(6)11(14)3-1-2-4-11/h5,15-16H,1-4,14H2. The van der Waals surface area contributed by atoms with Crippen LogP contribution in [0, 0.1) is 5.82 Å². The lowest BCUT2D eigenvalue weighted by atomic mass is 9.88. The van der Waals surface area contributed by atoms with E-state index in [9.17, 15) is 14.6 Å². The van der Waals surface area contributed by atoms with Gasteiger partial charge in [-0.15, -0.1) is 0 Å². The van der Waals surface area contributed by atoms with Crippen molar-refractivity contribution in [1.29, 1.82) is 0 Å². The van der Waals surface area contributed by atoms with Gasteiger partial charge in [0.05, 0.1) is 0 Å². The summed E-state index contributed by atoms with van der Waals surface area (Å²) in [6.45, 7) is 0. The molecule has 1 aliphatic rings. The maximum atomic E-state index is 13.9. The van der Waals surface area contributed by atoms with Gasteiger partial charge in [0.1, 0.15) is 0 Å². The summed E-state index contributed by atoms with van der Waals surface area (Å²) < 4.78 is 14.3. The molecule has 0 unspecified atom stereocenters. The van der Waals surface area contributed by atoms with Crippen molar-refractivity contribution in [2.75, 3.05) is 0 Å². The van der Waals surface area contributed by atoms with Gasteiger partial charge in [0.2, 0.25) is 0 Å². The molecule has 16 heavy (non-hydrogen) atoms. The maximum Gasteiger partial charge on any atom is 0.194 e. The van der Waals surface area contributed by atoms with Crippen LogP contribution >= 0.6 is 15.9 Å². The van der Waals surface area contributed by atoms with Gasteiger partial charge in [-0.25, -0.2) is 4.39 Å². The number of hydrogen-bond donors (Lipinski definition) is 3. The van der Waals surface area contributed by atoms with Crippen LogP contribution in [0.3, 0.4) is 0 Å². The first kappa shape index (κ1) is 11.7. The van der Waals surface area contributed by atoms with Crippen molar-refractivity contribution in [3.05, 3.63) is 21.9 Å². The number of halogens is 2. The molecule has 3 nitrogen and oxygen atoms in total. The molecule has 0 spiro atoms. The molecule has 1 aromatic rings. The summed E-state index contributed by atoms with van der Waals surface area (Å²) in [5.74, 6) is -2.03. The average Bonchev–Trinajstić information content (AvgIpc) is 2.62. The first-order valence-electron chi connectivity index (χ1n) is 5.15. The van der Waals surface area contributed by atoms with Crippen molar-refractivity contribution in [2.45, 2.75) is 31.2 Å². The highest BCUT2D eigenvalue weighted by Crippen LogP contribution is 2.45. The number of aromatic hydroxyl groups is 2. The number of nitrogens with two attached hydrogens (primary N) is 1. The number of phenolic OH excluding ortho intramolecular Hbond substituents is 2. The number of benzene rings is 1. The van der Waals surface area contributed by atoms with Crippen molar-refractivity contribution in [3.63, 3.8) is 0 Å². The fraction of sp³-hybridized carbons (Fsp3) is 0.455. The van der Waals surface area contributed by atoms with Crippen LogP contribution in [-0.4, -0.2) is 10.2 Å². The maximum absolute atomic E-state index is 13.9. The van der Waals surface area contributed by atoms with E-state index in [2.05, 4.69) is 15.9 Å². The third kappa shape index (κ3) is 1.68. The van der Waals surface area contributed by atoms with E-state index in [0.717, 1.165) is 12.8 Å². The fourth-order valence-corrected chi connectivity index (χ4v) is 3.09. The van der Waals surface area contributed by atoms with Gasteiger partial charge in [-0.3, -0.25) is 0 Å². The van der Waals surface area contributed by atoms with E-state index in [-0.39, 0.29) is 5.56 Å². The Morgan fingerprint density at radius 1 is 1.31 bits per heavy atom. The van der Waals surface area contributed by atoms with E-state index in [1.54, 1.807) is 0 Å². The SMILES string of the molecule is NC1(c2c(Br)cc(O)c(O)c2F)CCCC1. The first-order valence-corrected chi connectivity index (χ1v) is 5.94. The zero-order valence-electron chi connectivity index (χ0n) is 8.63. The van der Waals surface area contributed by atoms with Gasteiger partial charge in [0, 0.05) is 15.6 Å². The van der Waals surface area contributed by atoms with Gasteiger partial charge in [0.25, 0.3) is 0 Å². The summed E-state index contributed by atoms with van der Waals surface area (Å²) in [7, 11) is 0. The predicted molar refractivity (Wildman–Crippen MR) is 61.8 cm³/mol. The Morgan fingerprint density at radius 3 is 2.44 bits per heavy atom. The van der Waals surface area contributed by atoms with Crippen molar-refractivity contribution < 1.29 is 14.6 Å². The van der Waals surface area contributed by atoms with Gasteiger partial charge < -0.3 is 15.9 Å². The smallest absolute Gasteiger partial charge is 0.194 e. The van der Waals surface area contributed by atoms with E-state index in [1.807, 2.05) is 0 Å². The summed E-state index contributed by atoms with van der Waals surface area (Å²) in [5.41, 5.74) is 5.66. The Hall–Kier alpha value is -0.810. The van der Waals surface area contributed by atoms with E-state index in [4.69, 9.17) is 5.73 Å². The van der Waals surface area contributed by atoms with E-state index >= 15 is 0 Å². The average molecular weight is 290 g/mol. The van der Waals surface area contributed by atoms with E-state index in [0.29, 0.717) is 17.3 Å². The molecule has 0 aromatic heterocycles. The molecule has 88 valence electrons. The quantitative estimate of drug-likeness (QED) is 0.697. The summed E-state index contributed by atoms with van der Waals surface area (Å²) in [6, 6.07) is 1.28. The zero-order chi connectivity index (χ0) is 11.9. The summed E-state index contributed by atoms with van der Waals surface area (Å²) in [6.07, 6.45) is 3.27. The number of rotatable bonds is 1. The number of phenols is 2. The molecule has 0 aliphatic heterocycles. The second-order valence-electron chi connectivity index (χ2n) is 4.28. The Morgan fingerprint density at radius 2 is 1.88 bits per heavy atom. The molecule has 0 heterocycles. The largest absolute Gasteiger partial charge is 0.504 e. The molecule has 4 N–H and O–H groups in total. The molecule has 0 amide bonds. The Labute approximate surface area is 101 Å². The Bertz CT molecular complexity index is 430. The highest BCUT2D eigenvalue weighted by atomic mass is 79.9. The minimum absolute atomic E-state index is 0.264. The van der Waals surface area contributed by atoms with Gasteiger partial charge in [-0.05, 0) is 18.9 Å². The molecular weight excluding hydrogens is 277 g/mol. The van der Waals surface area contributed by atoms with E-state index in [1.165, 1.54) is 6.07 Å². The van der Waals surface area contributed by atoms with Crippen LogP contribution in [0.2, 0.25) is 0 Å². The lowest BCUT2D eigenvalue weighted by Gasteiger charge is -2.26. The van der Waals surface area contributed by atoms with Crippen molar-refractivity contribution >= 4 is 15.9 Å². The molecule has 1 aromatic carbocycles. The lowest BCUT2D eigenvalue weighted by molar-refractivity contribution is 0.360. The van der Waals surface area contributed by atoms with Crippen LogP contribution in [0.1, 0.15) is 31.2 Å². The van der Waals surface area contributed by atoms with Crippen LogP contribution in [-0.2, 0) is 5.54 Å². The Balaban J connectivity index is 2.60. The van der Waals surface area contributed by atoms with Gasteiger partial charge in [0.15, 0.2) is 17.3 Å². The second kappa shape index (κ2) is 3.89. The molecule has 1 saturated carbocycles. The van der Waals surface area contributed by atoms with Crippen LogP contribution < -0.4 is 5.73 Å². The summed E-state index contributed by atoms with van der Waals surface area (Å²) >= 11 is 3.19. The molecule has 0 bridgehead atoms. The third-order valence-electron chi connectivity index (χ3n) is 3.17. The molecule has 0 saturated heterocycles. The third-order valence-corrected chi connectivity index (χ3v) is 3.79. The van der Waals surface area contributed by atoms with E-state index < -0.39 is 22.9 Å². The second-order valence-corrected chi connectivity index (χ2v) is 5.13. The first-order chi connectivity index (χ1) is 7.46. The van der Waals surface area contributed by atoms with Gasteiger partial charge in [-0.1, -0.05) is 28.8 Å². The lowest BCUT2D eigenvalue weighted by Crippen LogP contribution is -2.34. The zero-order valence-corrected chi connectivity index (χ0v) is 10.2. The highest BCUT2D eigenvalue weighted by Gasteiger charge is 2.37. The number of hydrogen-bond acceptors (Lipinski definition) is 3. The molecule has 1 fully saturated rings. The van der Waals surface area contributed by atoms with Gasteiger partial charge in [-0.2, -0.15) is 0 Å². The molecule has 2 rings (SSSR count). The van der Waals surface area contributed by atoms with Crippen LogP contribution in [0.4, 0.5) is 4.39 Å². The predicted octanol–water partition coefficient (Wildman–Crippen LogP) is 2.73. The van der Waals surface area contributed by atoms with Crippen molar-refractivity contribution in [3.8, 4) is 11.5 Å². The molecule has 0 atom stereocenters. The molecule has 5 heteroatoms. The minimum atomic E-state index is -0.823. The molecule has 0 radical (unpaired) electrons. The van der Waals surface area contributed by atoms with Crippen LogP contribution in [0.15, 0.2) is 10.5 Å². The van der Waals surface area contributed by atoms with Crippen LogP contribution in [0.25, 0.3) is 0 Å². The van der Waals surface area contributed by atoms with Crippen LogP contribution in [0.5, 0.6) is 11.5 Å². The molecule has 1 aliphatic carbocycles. The topological polar surface area (TPSA) is 66.5 Å². The normalized spacial score (nSPS) is 18.9. The minimum Gasteiger partial charge on any atom is -0.504 e. The molecular formula is C11H13BrFNO2. The fourth-order valence-electron chi connectivity index (χ4n) is 2.31. The Kier molecular flexibility index (Phi) is 2.84. The summed E-state index contributed by atoms with van der Waals surface area (Å²) in [4.78, 5) is 0. The van der Waals surface area contributed by atoms with Crippen molar-refractivity contribution in [2.24, 2.45) is 5.73 Å². The van der Waals surface area contributed by atoms with Gasteiger partial charge >= 0.3 is 0 Å². The highest BCUT2D eigenvalue weighted by molar-refractivity contribution is 9.10. The monoisotopic (exact) mass is 289 g/mol. The summed E-state index contributed by atoms with van der Waals surface area (Å²) in [5, 5.41) is 18.7. The van der Waals surface area contributed by atoms with Crippen molar-refractivity contribution in [1.82, 2.24) is 0 Å².